The number of rotatable bonds is 7. The lowest BCUT2D eigenvalue weighted by atomic mass is 10.2. The molecule has 0 aromatic carbocycles. The van der Waals surface area contributed by atoms with Crippen molar-refractivity contribution in [3.8, 4) is 0 Å². The van der Waals surface area contributed by atoms with Gasteiger partial charge in [0.1, 0.15) is 0 Å². The van der Waals surface area contributed by atoms with Gasteiger partial charge in [-0.25, -0.2) is 0 Å². The summed E-state index contributed by atoms with van der Waals surface area (Å²) in [5.41, 5.74) is 0. The van der Waals surface area contributed by atoms with Gasteiger partial charge in [0.15, 0.2) is 0 Å². The molecule has 0 bridgehead atoms. The van der Waals surface area contributed by atoms with E-state index in [4.69, 9.17) is 0 Å². The van der Waals surface area contributed by atoms with E-state index in [0.717, 1.165) is 25.8 Å². The molecule has 0 heterocycles. The molecule has 1 aliphatic rings. The maximum absolute atomic E-state index is 11.7. The van der Waals surface area contributed by atoms with Crippen LogP contribution in [-0.2, 0) is 9.59 Å². The molecule has 0 aromatic heterocycles. The highest BCUT2D eigenvalue weighted by atomic mass is 16.2. The van der Waals surface area contributed by atoms with E-state index >= 15 is 0 Å². The quantitative estimate of drug-likeness (QED) is 0.662. The Bertz CT molecular complexity index is 279. The summed E-state index contributed by atoms with van der Waals surface area (Å²) in [6.45, 7) is 6.83. The molecule has 4 nitrogen and oxygen atoms in total. The first-order valence-electron chi connectivity index (χ1n) is 6.68. The van der Waals surface area contributed by atoms with Crippen LogP contribution in [0.4, 0.5) is 0 Å². The van der Waals surface area contributed by atoms with E-state index in [9.17, 15) is 9.59 Å². The molecular formula is C13H24N2O2. The molecule has 1 saturated carbocycles. The highest BCUT2D eigenvalue weighted by molar-refractivity contribution is 5.92. The van der Waals surface area contributed by atoms with Crippen LogP contribution < -0.4 is 10.6 Å². The van der Waals surface area contributed by atoms with Gasteiger partial charge in [-0.2, -0.15) is 0 Å². The summed E-state index contributed by atoms with van der Waals surface area (Å²) in [5.74, 6) is -0.0979. The Morgan fingerprint density at radius 2 is 1.88 bits per heavy atom. The van der Waals surface area contributed by atoms with Crippen molar-refractivity contribution < 1.29 is 9.59 Å². The predicted molar refractivity (Wildman–Crippen MR) is 67.4 cm³/mol. The highest BCUT2D eigenvalue weighted by Gasteiger charge is 2.47. The van der Waals surface area contributed by atoms with Crippen LogP contribution >= 0.6 is 0 Å². The van der Waals surface area contributed by atoms with Gasteiger partial charge in [-0.05, 0) is 26.2 Å². The molecule has 2 N–H and O–H groups in total. The first-order chi connectivity index (χ1) is 8.10. The summed E-state index contributed by atoms with van der Waals surface area (Å²) in [6, 6.07) is 0.201. The third-order valence-electron chi connectivity index (χ3n) is 3.29. The van der Waals surface area contributed by atoms with Gasteiger partial charge in [0.25, 0.3) is 0 Å². The topological polar surface area (TPSA) is 58.2 Å². The van der Waals surface area contributed by atoms with Crippen molar-refractivity contribution in [2.24, 2.45) is 11.8 Å². The SMILES string of the molecule is CCCCNC(=O)C1CC1C(=O)NC(C)CC. The molecular weight excluding hydrogens is 216 g/mol. The molecule has 0 saturated heterocycles. The average Bonchev–Trinajstić information content (AvgIpc) is 3.09. The lowest BCUT2D eigenvalue weighted by Gasteiger charge is -2.11. The summed E-state index contributed by atoms with van der Waals surface area (Å²) in [4.78, 5) is 23.4. The largest absolute Gasteiger partial charge is 0.356 e. The van der Waals surface area contributed by atoms with Crippen LogP contribution in [0, 0.1) is 11.8 Å². The van der Waals surface area contributed by atoms with E-state index in [1.165, 1.54) is 0 Å². The number of carbonyl (C=O) groups excluding carboxylic acids is 2. The maximum Gasteiger partial charge on any atom is 0.224 e. The van der Waals surface area contributed by atoms with Gasteiger partial charge >= 0.3 is 0 Å². The molecule has 2 amide bonds. The van der Waals surface area contributed by atoms with Gasteiger partial charge in [0.05, 0.1) is 11.8 Å². The summed E-state index contributed by atoms with van der Waals surface area (Å²) in [7, 11) is 0. The molecule has 0 radical (unpaired) electrons. The fourth-order valence-corrected chi connectivity index (χ4v) is 1.75. The molecule has 3 atom stereocenters. The Balaban J connectivity index is 2.23. The van der Waals surface area contributed by atoms with Gasteiger partial charge < -0.3 is 10.6 Å². The Labute approximate surface area is 104 Å². The Hall–Kier alpha value is -1.06. The lowest BCUT2D eigenvalue weighted by Crippen LogP contribution is -2.35. The average molecular weight is 240 g/mol. The third kappa shape index (κ3) is 4.36. The number of nitrogens with one attached hydrogen (secondary N) is 2. The minimum Gasteiger partial charge on any atom is -0.356 e. The smallest absolute Gasteiger partial charge is 0.224 e. The van der Waals surface area contributed by atoms with E-state index in [0.29, 0.717) is 6.42 Å². The standard InChI is InChI=1S/C13H24N2O2/c1-4-6-7-14-12(16)10-8-11(10)13(17)15-9(3)5-2/h9-11H,4-8H2,1-3H3,(H,14,16)(H,15,17). The van der Waals surface area contributed by atoms with Crippen molar-refractivity contribution in [2.45, 2.75) is 52.5 Å². The normalized spacial score (nSPS) is 23.9. The fraction of sp³-hybridized carbons (Fsp3) is 0.846. The number of unbranched alkanes of at least 4 members (excludes halogenated alkanes) is 1. The minimum absolute atomic E-state index is 0.0370. The van der Waals surface area contributed by atoms with Crippen molar-refractivity contribution in [3.63, 3.8) is 0 Å². The zero-order chi connectivity index (χ0) is 12.8. The fourth-order valence-electron chi connectivity index (χ4n) is 1.75. The monoisotopic (exact) mass is 240 g/mol. The van der Waals surface area contributed by atoms with Crippen LogP contribution in [0.2, 0.25) is 0 Å². The lowest BCUT2D eigenvalue weighted by molar-refractivity contribution is -0.127. The van der Waals surface area contributed by atoms with Gasteiger partial charge in [-0.15, -0.1) is 0 Å². The van der Waals surface area contributed by atoms with E-state index in [2.05, 4.69) is 17.6 Å². The predicted octanol–water partition coefficient (Wildman–Crippen LogP) is 1.45. The molecule has 3 unspecified atom stereocenters. The second kappa shape index (κ2) is 6.62. The second-order valence-electron chi connectivity index (χ2n) is 4.91. The molecule has 0 spiro atoms. The van der Waals surface area contributed by atoms with E-state index < -0.39 is 0 Å². The zero-order valence-electron chi connectivity index (χ0n) is 11.1. The van der Waals surface area contributed by atoms with E-state index in [1.807, 2.05) is 13.8 Å². The summed E-state index contributed by atoms with van der Waals surface area (Å²) in [5, 5.41) is 5.80. The Morgan fingerprint density at radius 1 is 1.24 bits per heavy atom. The van der Waals surface area contributed by atoms with Crippen LogP contribution in [0.15, 0.2) is 0 Å². The summed E-state index contributed by atoms with van der Waals surface area (Å²) < 4.78 is 0. The van der Waals surface area contributed by atoms with Crippen molar-refractivity contribution >= 4 is 11.8 Å². The van der Waals surface area contributed by atoms with Crippen molar-refractivity contribution in [3.05, 3.63) is 0 Å². The van der Waals surface area contributed by atoms with Crippen LogP contribution in [0.25, 0.3) is 0 Å². The minimum atomic E-state index is -0.0920. The molecule has 0 aromatic rings. The van der Waals surface area contributed by atoms with Crippen LogP contribution in [0.3, 0.4) is 0 Å². The molecule has 1 rings (SSSR count). The molecule has 0 aliphatic heterocycles. The third-order valence-corrected chi connectivity index (χ3v) is 3.29. The van der Waals surface area contributed by atoms with Crippen LogP contribution in [0.1, 0.15) is 46.5 Å². The van der Waals surface area contributed by atoms with Crippen molar-refractivity contribution in [2.75, 3.05) is 6.54 Å². The first kappa shape index (κ1) is 14.0. The van der Waals surface area contributed by atoms with Crippen molar-refractivity contribution in [1.82, 2.24) is 10.6 Å². The second-order valence-corrected chi connectivity index (χ2v) is 4.91. The van der Waals surface area contributed by atoms with Gasteiger partial charge in [0, 0.05) is 12.6 Å². The zero-order valence-corrected chi connectivity index (χ0v) is 11.1. The van der Waals surface area contributed by atoms with Crippen molar-refractivity contribution in [1.29, 1.82) is 0 Å². The maximum atomic E-state index is 11.7. The summed E-state index contributed by atoms with van der Waals surface area (Å²) >= 11 is 0. The Morgan fingerprint density at radius 3 is 2.47 bits per heavy atom. The van der Waals surface area contributed by atoms with Gasteiger partial charge in [0.2, 0.25) is 11.8 Å². The number of carbonyl (C=O) groups is 2. The Kier molecular flexibility index (Phi) is 5.45. The number of amides is 2. The summed E-state index contributed by atoms with van der Waals surface area (Å²) in [6.07, 6.45) is 3.71. The number of hydrogen-bond acceptors (Lipinski definition) is 2. The van der Waals surface area contributed by atoms with E-state index in [1.54, 1.807) is 0 Å². The van der Waals surface area contributed by atoms with Gasteiger partial charge in [-0.1, -0.05) is 20.3 Å². The van der Waals surface area contributed by atoms with E-state index in [-0.39, 0.29) is 29.7 Å². The van der Waals surface area contributed by atoms with Crippen LogP contribution in [-0.4, -0.2) is 24.4 Å². The van der Waals surface area contributed by atoms with Gasteiger partial charge in [-0.3, -0.25) is 9.59 Å². The molecule has 1 aliphatic carbocycles. The highest BCUT2D eigenvalue weighted by Crippen LogP contribution is 2.38. The molecule has 98 valence electrons. The molecule has 1 fully saturated rings. The molecule has 4 heteroatoms. The molecule has 17 heavy (non-hydrogen) atoms. The number of hydrogen-bond donors (Lipinski definition) is 2. The van der Waals surface area contributed by atoms with Crippen LogP contribution in [0.5, 0.6) is 0 Å². The first-order valence-corrected chi connectivity index (χ1v) is 6.68.